The Balaban J connectivity index is 1.53. The molecule has 0 saturated heterocycles. The molecule has 0 aliphatic carbocycles. The average molecular weight is 360 g/mol. The van der Waals surface area contributed by atoms with E-state index in [2.05, 4.69) is 20.5 Å². The Kier molecular flexibility index (Phi) is 4.84. The Hall–Kier alpha value is -3.25. The maximum absolute atomic E-state index is 6.00. The quantitative estimate of drug-likeness (QED) is 0.529. The minimum Gasteiger partial charge on any atom is -0.488 e. The summed E-state index contributed by atoms with van der Waals surface area (Å²) < 4.78 is 6.00. The molecule has 0 unspecified atom stereocenters. The Labute approximate surface area is 155 Å². The first kappa shape index (κ1) is 16.2. The van der Waals surface area contributed by atoms with Crippen LogP contribution >= 0.6 is 11.3 Å². The van der Waals surface area contributed by atoms with Crippen LogP contribution in [0.25, 0.3) is 10.6 Å². The molecular weight excluding hydrogens is 344 g/mol. The van der Waals surface area contributed by atoms with Gasteiger partial charge in [-0.2, -0.15) is 0 Å². The molecule has 0 aliphatic rings. The van der Waals surface area contributed by atoms with E-state index in [4.69, 9.17) is 4.74 Å². The van der Waals surface area contributed by atoms with E-state index in [-0.39, 0.29) is 0 Å². The van der Waals surface area contributed by atoms with Crippen LogP contribution in [0.5, 0.6) is 5.75 Å². The lowest BCUT2D eigenvalue weighted by Gasteiger charge is -2.09. The molecule has 128 valence electrons. The number of benzene rings is 2. The standard InChI is InChI=1S/C20H16N4OS/c1-2-6-16(7-3-1)22-20-24-23-19(26-20)17-8-4-5-9-18(17)25-14-15-10-12-21-13-11-15/h1-13H,14H2,(H,22,24). The van der Waals surface area contributed by atoms with Gasteiger partial charge in [-0.25, -0.2) is 0 Å². The summed E-state index contributed by atoms with van der Waals surface area (Å²) >= 11 is 1.49. The zero-order chi connectivity index (χ0) is 17.6. The lowest BCUT2D eigenvalue weighted by Crippen LogP contribution is -1.96. The van der Waals surface area contributed by atoms with Crippen molar-refractivity contribution in [3.8, 4) is 16.3 Å². The topological polar surface area (TPSA) is 59.9 Å². The van der Waals surface area contributed by atoms with E-state index in [1.807, 2.05) is 66.7 Å². The van der Waals surface area contributed by atoms with Crippen LogP contribution in [0.2, 0.25) is 0 Å². The van der Waals surface area contributed by atoms with Crippen molar-refractivity contribution in [2.24, 2.45) is 0 Å². The van der Waals surface area contributed by atoms with Crippen LogP contribution in [0.15, 0.2) is 79.1 Å². The molecule has 0 amide bonds. The lowest BCUT2D eigenvalue weighted by molar-refractivity contribution is 0.307. The molecule has 6 heteroatoms. The van der Waals surface area contributed by atoms with Crippen LogP contribution in [0, 0.1) is 0 Å². The van der Waals surface area contributed by atoms with Gasteiger partial charge in [-0.1, -0.05) is 41.7 Å². The van der Waals surface area contributed by atoms with Crippen LogP contribution in [0.3, 0.4) is 0 Å². The second kappa shape index (κ2) is 7.76. The number of nitrogens with zero attached hydrogens (tertiary/aromatic N) is 3. The number of pyridine rings is 1. The van der Waals surface area contributed by atoms with Crippen LogP contribution < -0.4 is 10.1 Å². The Bertz CT molecular complexity index is 973. The van der Waals surface area contributed by atoms with Gasteiger partial charge in [-0.05, 0) is 42.0 Å². The number of hydrogen-bond acceptors (Lipinski definition) is 6. The normalized spacial score (nSPS) is 10.5. The molecule has 5 nitrogen and oxygen atoms in total. The van der Waals surface area contributed by atoms with E-state index < -0.39 is 0 Å². The van der Waals surface area contributed by atoms with E-state index >= 15 is 0 Å². The smallest absolute Gasteiger partial charge is 0.210 e. The first-order valence-corrected chi connectivity index (χ1v) is 8.97. The molecule has 4 aromatic rings. The summed E-state index contributed by atoms with van der Waals surface area (Å²) in [4.78, 5) is 4.02. The van der Waals surface area contributed by atoms with Crippen LogP contribution in [-0.4, -0.2) is 15.2 Å². The zero-order valence-electron chi connectivity index (χ0n) is 13.9. The van der Waals surface area contributed by atoms with Crippen molar-refractivity contribution in [2.45, 2.75) is 6.61 Å². The van der Waals surface area contributed by atoms with Gasteiger partial charge in [0.25, 0.3) is 0 Å². The molecule has 0 bridgehead atoms. The monoisotopic (exact) mass is 360 g/mol. The molecule has 0 aliphatic heterocycles. The molecule has 26 heavy (non-hydrogen) atoms. The van der Waals surface area contributed by atoms with E-state index in [0.717, 1.165) is 32.7 Å². The van der Waals surface area contributed by atoms with Gasteiger partial charge >= 0.3 is 0 Å². The number of hydrogen-bond donors (Lipinski definition) is 1. The Morgan fingerprint density at radius 1 is 0.846 bits per heavy atom. The van der Waals surface area contributed by atoms with Gasteiger partial charge in [0.1, 0.15) is 12.4 Å². The minimum atomic E-state index is 0.480. The third-order valence-electron chi connectivity index (χ3n) is 3.71. The molecule has 1 N–H and O–H groups in total. The first-order chi connectivity index (χ1) is 12.9. The van der Waals surface area contributed by atoms with Crippen LogP contribution in [-0.2, 0) is 6.61 Å². The number of nitrogens with one attached hydrogen (secondary N) is 1. The maximum Gasteiger partial charge on any atom is 0.210 e. The number of rotatable bonds is 6. The van der Waals surface area contributed by atoms with E-state index in [9.17, 15) is 0 Å². The summed E-state index contributed by atoms with van der Waals surface area (Å²) in [5.74, 6) is 0.784. The first-order valence-electron chi connectivity index (χ1n) is 8.15. The van der Waals surface area contributed by atoms with Crippen molar-refractivity contribution in [1.29, 1.82) is 0 Å². The summed E-state index contributed by atoms with van der Waals surface area (Å²) in [5.41, 5.74) is 2.98. The third-order valence-corrected chi connectivity index (χ3v) is 4.58. The third kappa shape index (κ3) is 3.87. The molecule has 0 radical (unpaired) electrons. The second-order valence-corrected chi connectivity index (χ2v) is 6.52. The van der Waals surface area contributed by atoms with Crippen LogP contribution in [0.1, 0.15) is 5.56 Å². The highest BCUT2D eigenvalue weighted by atomic mass is 32.1. The minimum absolute atomic E-state index is 0.480. The van der Waals surface area contributed by atoms with Gasteiger partial charge in [-0.3, -0.25) is 4.98 Å². The predicted octanol–water partition coefficient (Wildman–Crippen LogP) is 4.92. The number of para-hydroxylation sites is 2. The number of anilines is 2. The summed E-state index contributed by atoms with van der Waals surface area (Å²) in [5, 5.41) is 13.4. The molecular formula is C20H16N4OS. The fourth-order valence-corrected chi connectivity index (χ4v) is 3.23. The van der Waals surface area contributed by atoms with Gasteiger partial charge in [0.15, 0.2) is 5.01 Å². The van der Waals surface area contributed by atoms with Crippen molar-refractivity contribution in [2.75, 3.05) is 5.32 Å². The van der Waals surface area contributed by atoms with E-state index in [1.165, 1.54) is 11.3 Å². The number of ether oxygens (including phenoxy) is 1. The molecule has 0 saturated carbocycles. The maximum atomic E-state index is 6.00. The van der Waals surface area contributed by atoms with Crippen molar-refractivity contribution >= 4 is 22.2 Å². The van der Waals surface area contributed by atoms with Gasteiger partial charge < -0.3 is 10.1 Å². The molecule has 0 fully saturated rings. The molecule has 0 spiro atoms. The highest BCUT2D eigenvalue weighted by molar-refractivity contribution is 7.18. The largest absolute Gasteiger partial charge is 0.488 e. The van der Waals surface area contributed by atoms with Crippen molar-refractivity contribution in [1.82, 2.24) is 15.2 Å². The molecule has 0 atom stereocenters. The van der Waals surface area contributed by atoms with E-state index in [1.54, 1.807) is 12.4 Å². The zero-order valence-corrected chi connectivity index (χ0v) is 14.7. The van der Waals surface area contributed by atoms with Crippen LogP contribution in [0.4, 0.5) is 10.8 Å². The van der Waals surface area contributed by atoms with Gasteiger partial charge in [-0.15, -0.1) is 10.2 Å². The summed E-state index contributed by atoms with van der Waals surface area (Å²) in [7, 11) is 0. The number of aromatic nitrogens is 3. The fourth-order valence-electron chi connectivity index (χ4n) is 2.44. The molecule has 2 aromatic carbocycles. The van der Waals surface area contributed by atoms with E-state index in [0.29, 0.717) is 6.61 Å². The molecule has 4 rings (SSSR count). The Morgan fingerprint density at radius 2 is 1.62 bits per heavy atom. The van der Waals surface area contributed by atoms with Crippen molar-refractivity contribution < 1.29 is 4.74 Å². The van der Waals surface area contributed by atoms with Crippen molar-refractivity contribution in [3.05, 3.63) is 84.7 Å². The molecule has 2 aromatic heterocycles. The van der Waals surface area contributed by atoms with Crippen molar-refractivity contribution in [3.63, 3.8) is 0 Å². The highest BCUT2D eigenvalue weighted by Gasteiger charge is 2.12. The average Bonchev–Trinajstić information content (AvgIpc) is 3.16. The summed E-state index contributed by atoms with van der Waals surface area (Å²) in [6.07, 6.45) is 3.52. The van der Waals surface area contributed by atoms with Gasteiger partial charge in [0.05, 0.1) is 5.56 Å². The fraction of sp³-hybridized carbons (Fsp3) is 0.0500. The molecule has 2 heterocycles. The van der Waals surface area contributed by atoms with Gasteiger partial charge in [0.2, 0.25) is 5.13 Å². The summed E-state index contributed by atoms with van der Waals surface area (Å²) in [6, 6.07) is 21.7. The van der Waals surface area contributed by atoms with Gasteiger partial charge in [0, 0.05) is 18.1 Å². The SMILES string of the molecule is c1ccc(Nc2nnc(-c3ccccc3OCc3ccncc3)s2)cc1. The lowest BCUT2D eigenvalue weighted by atomic mass is 10.2. The second-order valence-electron chi connectivity index (χ2n) is 5.54. The summed E-state index contributed by atoms with van der Waals surface area (Å²) in [6.45, 7) is 0.480. The Morgan fingerprint density at radius 3 is 2.46 bits per heavy atom. The highest BCUT2D eigenvalue weighted by Crippen LogP contribution is 2.34. The predicted molar refractivity (Wildman–Crippen MR) is 104 cm³/mol.